The third kappa shape index (κ3) is 3.57. The number of ether oxygens (including phenoxy) is 1. The molecule has 0 saturated heterocycles. The summed E-state index contributed by atoms with van der Waals surface area (Å²) in [5.74, 6) is -8.87. The maximum atomic E-state index is 13.2. The van der Waals surface area contributed by atoms with Gasteiger partial charge in [-0.1, -0.05) is 0 Å². The first kappa shape index (κ1) is 15.2. The molecule has 1 aromatic rings. The van der Waals surface area contributed by atoms with Gasteiger partial charge in [-0.15, -0.1) is 0 Å². The topological polar surface area (TPSA) is 58.6 Å². The molecule has 0 fully saturated rings. The van der Waals surface area contributed by atoms with Crippen molar-refractivity contribution in [1.29, 1.82) is 0 Å². The lowest BCUT2D eigenvalue weighted by Crippen LogP contribution is -2.35. The Morgan fingerprint density at radius 1 is 1.32 bits per heavy atom. The van der Waals surface area contributed by atoms with E-state index < -0.39 is 47.6 Å². The second-order valence-corrected chi connectivity index (χ2v) is 3.61. The Kier molecular flexibility index (Phi) is 5.11. The van der Waals surface area contributed by atoms with E-state index in [9.17, 15) is 22.4 Å². The smallest absolute Gasteiger partial charge is 0.320 e. The van der Waals surface area contributed by atoms with Crippen LogP contribution in [0.5, 0.6) is 5.75 Å². The largest absolute Gasteiger partial charge is 0.487 e. The van der Waals surface area contributed by atoms with Gasteiger partial charge in [-0.3, -0.25) is 4.79 Å². The molecule has 4 nitrogen and oxygen atoms in total. The lowest BCUT2D eigenvalue weighted by atomic mass is 10.2. The monoisotopic (exact) mass is 281 g/mol. The Balaban J connectivity index is 2.76. The van der Waals surface area contributed by atoms with E-state index in [1.54, 1.807) is 0 Å². The lowest BCUT2D eigenvalue weighted by Gasteiger charge is -2.13. The molecule has 0 spiro atoms. The van der Waals surface area contributed by atoms with Gasteiger partial charge in [0.1, 0.15) is 6.04 Å². The van der Waals surface area contributed by atoms with Crippen molar-refractivity contribution in [1.82, 2.24) is 5.32 Å². The summed E-state index contributed by atoms with van der Waals surface area (Å²) in [5, 5.41) is 11.1. The number of likely N-dealkylation sites (N-methyl/N-ethyl adjacent to an activating group) is 1. The molecule has 0 aliphatic carbocycles. The molecule has 0 radical (unpaired) electrons. The predicted octanol–water partition coefficient (Wildman–Crippen LogP) is 1.68. The first-order valence-electron chi connectivity index (χ1n) is 5.24. The van der Waals surface area contributed by atoms with Crippen molar-refractivity contribution in [2.75, 3.05) is 13.7 Å². The fraction of sp³-hybridized carbons (Fsp3) is 0.364. The molecule has 8 heteroatoms. The highest BCUT2D eigenvalue weighted by Crippen LogP contribution is 2.26. The van der Waals surface area contributed by atoms with Crippen molar-refractivity contribution in [2.45, 2.75) is 12.5 Å². The fourth-order valence-electron chi connectivity index (χ4n) is 1.35. The van der Waals surface area contributed by atoms with Crippen LogP contribution in [0.4, 0.5) is 17.6 Å². The fourth-order valence-corrected chi connectivity index (χ4v) is 1.35. The Labute approximate surface area is 106 Å². The van der Waals surface area contributed by atoms with Gasteiger partial charge in [0.25, 0.3) is 0 Å². The van der Waals surface area contributed by atoms with Crippen molar-refractivity contribution in [2.24, 2.45) is 0 Å². The van der Waals surface area contributed by atoms with Gasteiger partial charge < -0.3 is 15.2 Å². The maximum absolute atomic E-state index is 13.2. The van der Waals surface area contributed by atoms with Gasteiger partial charge in [0, 0.05) is 12.5 Å². The highest BCUT2D eigenvalue weighted by atomic mass is 19.2. The number of carboxylic acid groups (broad SMARTS) is 1. The number of aliphatic carboxylic acids is 1. The summed E-state index contributed by atoms with van der Waals surface area (Å²) in [6.45, 7) is -0.422. The van der Waals surface area contributed by atoms with Crippen LogP contribution >= 0.6 is 0 Å². The van der Waals surface area contributed by atoms with Crippen LogP contribution in [0, 0.1) is 23.3 Å². The highest BCUT2D eigenvalue weighted by molar-refractivity contribution is 5.73. The van der Waals surface area contributed by atoms with Crippen LogP contribution in [-0.2, 0) is 4.79 Å². The maximum Gasteiger partial charge on any atom is 0.320 e. The van der Waals surface area contributed by atoms with Crippen LogP contribution in [0.25, 0.3) is 0 Å². The molecule has 1 unspecified atom stereocenters. The molecular weight excluding hydrogens is 270 g/mol. The summed E-state index contributed by atoms with van der Waals surface area (Å²) in [6, 6.07) is -0.935. The minimum atomic E-state index is -1.66. The molecule has 1 atom stereocenters. The zero-order valence-electron chi connectivity index (χ0n) is 9.84. The minimum Gasteiger partial charge on any atom is -0.487 e. The van der Waals surface area contributed by atoms with E-state index in [0.29, 0.717) is 0 Å². The second kappa shape index (κ2) is 6.37. The van der Waals surface area contributed by atoms with Gasteiger partial charge >= 0.3 is 5.97 Å². The van der Waals surface area contributed by atoms with Crippen LogP contribution in [0.15, 0.2) is 6.07 Å². The number of carboxylic acids is 1. The van der Waals surface area contributed by atoms with E-state index in [-0.39, 0.29) is 12.5 Å². The number of carbonyl (C=O) groups is 1. The van der Waals surface area contributed by atoms with Crippen molar-refractivity contribution < 1.29 is 32.2 Å². The van der Waals surface area contributed by atoms with Gasteiger partial charge in [-0.2, -0.15) is 8.78 Å². The van der Waals surface area contributed by atoms with Crippen molar-refractivity contribution >= 4 is 5.97 Å². The van der Waals surface area contributed by atoms with E-state index in [2.05, 4.69) is 10.1 Å². The van der Waals surface area contributed by atoms with Gasteiger partial charge in [0.15, 0.2) is 17.4 Å². The number of hydrogen-bond acceptors (Lipinski definition) is 3. The second-order valence-electron chi connectivity index (χ2n) is 3.61. The molecule has 2 N–H and O–H groups in total. The van der Waals surface area contributed by atoms with Crippen molar-refractivity contribution in [3.8, 4) is 5.75 Å². The third-order valence-electron chi connectivity index (χ3n) is 2.37. The third-order valence-corrected chi connectivity index (χ3v) is 2.37. The van der Waals surface area contributed by atoms with Gasteiger partial charge in [0.05, 0.1) is 6.61 Å². The van der Waals surface area contributed by atoms with Crippen LogP contribution in [0.2, 0.25) is 0 Å². The first-order chi connectivity index (χ1) is 8.88. The summed E-state index contributed by atoms with van der Waals surface area (Å²) in [5.41, 5.74) is 0. The van der Waals surface area contributed by atoms with E-state index in [1.165, 1.54) is 7.05 Å². The van der Waals surface area contributed by atoms with Crippen LogP contribution in [-0.4, -0.2) is 30.8 Å². The quantitative estimate of drug-likeness (QED) is 0.615. The lowest BCUT2D eigenvalue weighted by molar-refractivity contribution is -0.139. The predicted molar refractivity (Wildman–Crippen MR) is 56.9 cm³/mol. The van der Waals surface area contributed by atoms with E-state index in [1.807, 2.05) is 0 Å². The molecule has 1 rings (SSSR count). The SMILES string of the molecule is CNC(CCOc1c(F)c(F)cc(F)c1F)C(=O)O. The van der Waals surface area contributed by atoms with Crippen molar-refractivity contribution in [3.05, 3.63) is 29.3 Å². The number of nitrogens with one attached hydrogen (secondary N) is 1. The van der Waals surface area contributed by atoms with Crippen molar-refractivity contribution in [3.63, 3.8) is 0 Å². The average Bonchev–Trinajstić information content (AvgIpc) is 2.35. The zero-order valence-corrected chi connectivity index (χ0v) is 9.84. The Morgan fingerprint density at radius 2 is 1.84 bits per heavy atom. The number of rotatable bonds is 6. The molecule has 0 aliphatic rings. The summed E-state index contributed by atoms with van der Waals surface area (Å²) in [6.07, 6.45) is -0.136. The zero-order chi connectivity index (χ0) is 14.6. The molecule has 0 aliphatic heterocycles. The standard InChI is InChI=1S/C11H11F4NO3/c1-16-7(11(17)18)2-3-19-10-8(14)5(12)4-6(13)9(10)15/h4,7,16H,2-3H2,1H3,(H,17,18). The molecule has 0 amide bonds. The highest BCUT2D eigenvalue weighted by Gasteiger charge is 2.21. The Morgan fingerprint density at radius 3 is 2.26 bits per heavy atom. The number of benzene rings is 1. The Bertz CT molecular complexity index is 455. The normalized spacial score (nSPS) is 12.3. The van der Waals surface area contributed by atoms with Gasteiger partial charge in [-0.05, 0) is 7.05 Å². The molecule has 0 bridgehead atoms. The molecule has 0 heterocycles. The molecule has 106 valence electrons. The molecule has 19 heavy (non-hydrogen) atoms. The van der Waals surface area contributed by atoms with E-state index in [0.717, 1.165) is 0 Å². The molecule has 0 saturated carbocycles. The van der Waals surface area contributed by atoms with Gasteiger partial charge in [-0.25, -0.2) is 8.78 Å². The van der Waals surface area contributed by atoms with E-state index >= 15 is 0 Å². The summed E-state index contributed by atoms with van der Waals surface area (Å²) >= 11 is 0. The summed E-state index contributed by atoms with van der Waals surface area (Å²) < 4.78 is 56.6. The van der Waals surface area contributed by atoms with E-state index in [4.69, 9.17) is 5.11 Å². The summed E-state index contributed by atoms with van der Waals surface area (Å²) in [4.78, 5) is 10.6. The van der Waals surface area contributed by atoms with Gasteiger partial charge in [0.2, 0.25) is 11.6 Å². The van der Waals surface area contributed by atoms with Crippen LogP contribution in [0.1, 0.15) is 6.42 Å². The molecule has 1 aromatic carbocycles. The summed E-state index contributed by atoms with van der Waals surface area (Å²) in [7, 11) is 1.38. The Hall–Kier alpha value is -1.83. The molecular formula is C11H11F4NO3. The number of halogens is 4. The van der Waals surface area contributed by atoms with Crippen LogP contribution < -0.4 is 10.1 Å². The first-order valence-corrected chi connectivity index (χ1v) is 5.24. The number of hydrogen-bond donors (Lipinski definition) is 2. The minimum absolute atomic E-state index is 0.0607. The molecule has 0 aromatic heterocycles. The van der Waals surface area contributed by atoms with Crippen LogP contribution in [0.3, 0.4) is 0 Å². The average molecular weight is 281 g/mol.